The molecule has 1 heterocycles. The first kappa shape index (κ1) is 14.2. The SMILES string of the molecule is O=[N+]([O-])c1ccc(Cl)cc1COc1ccc(CO)nc1. The van der Waals surface area contributed by atoms with Crippen molar-refractivity contribution in [1.29, 1.82) is 0 Å². The first-order chi connectivity index (χ1) is 9.60. The first-order valence-electron chi connectivity index (χ1n) is 5.71. The van der Waals surface area contributed by atoms with Gasteiger partial charge in [0.15, 0.2) is 0 Å². The number of hydrogen-bond donors (Lipinski definition) is 1. The van der Waals surface area contributed by atoms with Crippen molar-refractivity contribution in [3.63, 3.8) is 0 Å². The second-order valence-corrected chi connectivity index (χ2v) is 4.40. The van der Waals surface area contributed by atoms with Crippen molar-refractivity contribution in [1.82, 2.24) is 4.98 Å². The van der Waals surface area contributed by atoms with E-state index in [1.807, 2.05) is 0 Å². The van der Waals surface area contributed by atoms with E-state index < -0.39 is 4.92 Å². The summed E-state index contributed by atoms with van der Waals surface area (Å²) in [5.41, 5.74) is 0.856. The van der Waals surface area contributed by atoms with Crippen molar-refractivity contribution in [3.8, 4) is 5.75 Å². The highest BCUT2D eigenvalue weighted by atomic mass is 35.5. The fourth-order valence-corrected chi connectivity index (χ4v) is 1.79. The molecule has 0 radical (unpaired) electrons. The lowest BCUT2D eigenvalue weighted by Gasteiger charge is -2.07. The van der Waals surface area contributed by atoms with E-state index in [2.05, 4.69) is 4.98 Å². The van der Waals surface area contributed by atoms with Gasteiger partial charge in [0.2, 0.25) is 0 Å². The summed E-state index contributed by atoms with van der Waals surface area (Å²) >= 11 is 5.82. The van der Waals surface area contributed by atoms with Gasteiger partial charge in [-0.25, -0.2) is 0 Å². The molecular formula is C13H11ClN2O4. The number of pyridine rings is 1. The molecule has 0 bridgehead atoms. The van der Waals surface area contributed by atoms with Gasteiger partial charge in [-0.05, 0) is 24.3 Å². The van der Waals surface area contributed by atoms with Gasteiger partial charge >= 0.3 is 0 Å². The van der Waals surface area contributed by atoms with Crippen molar-refractivity contribution in [2.24, 2.45) is 0 Å². The van der Waals surface area contributed by atoms with E-state index >= 15 is 0 Å². The van der Waals surface area contributed by atoms with E-state index in [0.717, 1.165) is 0 Å². The molecule has 1 aromatic heterocycles. The third-order valence-electron chi connectivity index (χ3n) is 2.59. The van der Waals surface area contributed by atoms with Crippen LogP contribution in [0.5, 0.6) is 5.75 Å². The minimum Gasteiger partial charge on any atom is -0.487 e. The summed E-state index contributed by atoms with van der Waals surface area (Å²) in [7, 11) is 0. The lowest BCUT2D eigenvalue weighted by molar-refractivity contribution is -0.385. The van der Waals surface area contributed by atoms with Gasteiger partial charge in [0.25, 0.3) is 5.69 Å². The van der Waals surface area contributed by atoms with E-state index in [0.29, 0.717) is 22.0 Å². The maximum Gasteiger partial charge on any atom is 0.276 e. The number of rotatable bonds is 5. The van der Waals surface area contributed by atoms with Gasteiger partial charge in [0.1, 0.15) is 12.4 Å². The lowest BCUT2D eigenvalue weighted by Crippen LogP contribution is -2.01. The molecule has 0 atom stereocenters. The number of hydrogen-bond acceptors (Lipinski definition) is 5. The molecule has 0 saturated heterocycles. The molecule has 6 nitrogen and oxygen atoms in total. The van der Waals surface area contributed by atoms with E-state index in [1.165, 1.54) is 24.4 Å². The number of halogens is 1. The minimum absolute atomic E-state index is 0.0109. The topological polar surface area (TPSA) is 85.5 Å². The van der Waals surface area contributed by atoms with Crippen molar-refractivity contribution < 1.29 is 14.8 Å². The summed E-state index contributed by atoms with van der Waals surface area (Å²) in [6, 6.07) is 7.54. The Hall–Kier alpha value is -2.18. The molecule has 7 heteroatoms. The van der Waals surface area contributed by atoms with Crippen LogP contribution in [0.2, 0.25) is 5.02 Å². The molecule has 2 rings (SSSR count). The molecule has 2 aromatic rings. The largest absolute Gasteiger partial charge is 0.487 e. The predicted octanol–water partition coefficient (Wildman–Crippen LogP) is 2.71. The van der Waals surface area contributed by atoms with E-state index in [-0.39, 0.29) is 18.9 Å². The fraction of sp³-hybridized carbons (Fsp3) is 0.154. The highest BCUT2D eigenvalue weighted by Gasteiger charge is 2.14. The summed E-state index contributed by atoms with van der Waals surface area (Å²) in [6.45, 7) is -0.142. The van der Waals surface area contributed by atoms with E-state index in [4.69, 9.17) is 21.4 Å². The van der Waals surface area contributed by atoms with Crippen LogP contribution in [-0.2, 0) is 13.2 Å². The van der Waals surface area contributed by atoms with E-state index in [1.54, 1.807) is 12.1 Å². The summed E-state index contributed by atoms with van der Waals surface area (Å²) in [5.74, 6) is 0.455. The number of aliphatic hydroxyl groups is 1. The first-order valence-corrected chi connectivity index (χ1v) is 6.09. The number of nitro benzene ring substituents is 1. The maximum atomic E-state index is 10.9. The van der Waals surface area contributed by atoms with Crippen molar-refractivity contribution in [2.45, 2.75) is 13.2 Å². The highest BCUT2D eigenvalue weighted by Crippen LogP contribution is 2.24. The van der Waals surface area contributed by atoms with Crippen LogP contribution < -0.4 is 4.74 Å². The fourth-order valence-electron chi connectivity index (χ4n) is 1.60. The lowest BCUT2D eigenvalue weighted by atomic mass is 10.2. The van der Waals surface area contributed by atoms with Gasteiger partial charge in [-0.3, -0.25) is 15.1 Å². The number of benzene rings is 1. The molecule has 0 aliphatic rings. The molecule has 0 aliphatic carbocycles. The molecule has 20 heavy (non-hydrogen) atoms. The second-order valence-electron chi connectivity index (χ2n) is 3.96. The Labute approximate surface area is 119 Å². The molecule has 0 amide bonds. The Morgan fingerprint density at radius 3 is 2.75 bits per heavy atom. The second kappa shape index (κ2) is 6.31. The summed E-state index contributed by atoms with van der Waals surface area (Å²) in [5, 5.41) is 20.2. The van der Waals surface area contributed by atoms with Crippen LogP contribution in [0.1, 0.15) is 11.3 Å². The van der Waals surface area contributed by atoms with Crippen LogP contribution in [0.3, 0.4) is 0 Å². The summed E-state index contributed by atoms with van der Waals surface area (Å²) < 4.78 is 5.43. The summed E-state index contributed by atoms with van der Waals surface area (Å²) in [6.07, 6.45) is 1.45. The van der Waals surface area contributed by atoms with Gasteiger partial charge in [-0.1, -0.05) is 11.6 Å². The van der Waals surface area contributed by atoms with Crippen LogP contribution in [0.4, 0.5) is 5.69 Å². The molecule has 0 aliphatic heterocycles. The van der Waals surface area contributed by atoms with Gasteiger partial charge in [0.05, 0.1) is 29.0 Å². The Morgan fingerprint density at radius 1 is 1.35 bits per heavy atom. The molecular weight excluding hydrogens is 284 g/mol. The smallest absolute Gasteiger partial charge is 0.276 e. The number of nitrogens with zero attached hydrogens (tertiary/aromatic N) is 2. The Bertz CT molecular complexity index is 616. The molecule has 0 saturated carbocycles. The zero-order valence-corrected chi connectivity index (χ0v) is 11.1. The molecule has 1 aromatic carbocycles. The monoisotopic (exact) mass is 294 g/mol. The molecule has 0 spiro atoms. The molecule has 1 N–H and O–H groups in total. The maximum absolute atomic E-state index is 10.9. The van der Waals surface area contributed by atoms with Crippen molar-refractivity contribution in [3.05, 3.63) is 62.9 Å². The number of nitro groups is 1. The molecule has 104 valence electrons. The van der Waals surface area contributed by atoms with Crippen LogP contribution in [0, 0.1) is 10.1 Å². The van der Waals surface area contributed by atoms with Gasteiger partial charge in [-0.2, -0.15) is 0 Å². The average molecular weight is 295 g/mol. The Balaban J connectivity index is 2.13. The Morgan fingerprint density at radius 2 is 2.15 bits per heavy atom. The highest BCUT2D eigenvalue weighted by molar-refractivity contribution is 6.30. The van der Waals surface area contributed by atoms with Crippen LogP contribution in [0.25, 0.3) is 0 Å². The number of aliphatic hydroxyl groups excluding tert-OH is 1. The zero-order chi connectivity index (χ0) is 14.5. The Kier molecular flexibility index (Phi) is 4.49. The summed E-state index contributed by atoms with van der Waals surface area (Å²) in [4.78, 5) is 14.4. The average Bonchev–Trinajstić information content (AvgIpc) is 2.45. The minimum atomic E-state index is -0.484. The zero-order valence-electron chi connectivity index (χ0n) is 10.3. The van der Waals surface area contributed by atoms with Gasteiger partial charge in [0, 0.05) is 11.1 Å². The molecule has 0 fully saturated rings. The van der Waals surface area contributed by atoms with E-state index in [9.17, 15) is 10.1 Å². The quantitative estimate of drug-likeness (QED) is 0.677. The van der Waals surface area contributed by atoms with Crippen molar-refractivity contribution in [2.75, 3.05) is 0 Å². The predicted molar refractivity (Wildman–Crippen MR) is 72.6 cm³/mol. The third-order valence-corrected chi connectivity index (χ3v) is 2.83. The molecule has 0 unspecified atom stereocenters. The number of ether oxygens (including phenoxy) is 1. The van der Waals surface area contributed by atoms with Crippen LogP contribution in [0.15, 0.2) is 36.5 Å². The standard InChI is InChI=1S/C13H11ClN2O4/c14-10-1-4-13(16(18)19)9(5-10)8-20-12-3-2-11(7-17)15-6-12/h1-6,17H,7-8H2. The van der Waals surface area contributed by atoms with Crippen molar-refractivity contribution >= 4 is 17.3 Å². The number of aromatic nitrogens is 1. The van der Waals surface area contributed by atoms with Gasteiger partial charge < -0.3 is 9.84 Å². The van der Waals surface area contributed by atoms with Crippen LogP contribution in [-0.4, -0.2) is 15.0 Å². The normalized spacial score (nSPS) is 10.3. The van der Waals surface area contributed by atoms with Gasteiger partial charge in [-0.15, -0.1) is 0 Å². The van der Waals surface area contributed by atoms with Crippen LogP contribution >= 0.6 is 11.6 Å². The third kappa shape index (κ3) is 3.43.